The molecule has 5 rings (SSSR count). The van der Waals surface area contributed by atoms with Gasteiger partial charge < -0.3 is 14.8 Å². The van der Waals surface area contributed by atoms with Crippen LogP contribution >= 0.6 is 11.6 Å². The molecule has 0 saturated heterocycles. The fourth-order valence-electron chi connectivity index (χ4n) is 3.85. The number of benzene rings is 3. The minimum atomic E-state index is -4.16. The van der Waals surface area contributed by atoms with Crippen LogP contribution in [-0.2, 0) is 16.4 Å². The Hall–Kier alpha value is -3.82. The summed E-state index contributed by atoms with van der Waals surface area (Å²) in [5.41, 5.74) is -0.766. The molecule has 5 aromatic rings. The van der Waals surface area contributed by atoms with E-state index in [4.69, 9.17) is 11.6 Å². The molecule has 0 aliphatic rings. The highest BCUT2D eigenvalue weighted by Crippen LogP contribution is 2.31. The minimum Gasteiger partial charge on any atom is -0.421 e. The van der Waals surface area contributed by atoms with Crippen LogP contribution in [-0.4, -0.2) is 27.9 Å². The highest BCUT2D eigenvalue weighted by molar-refractivity contribution is 7.91. The second-order valence-electron chi connectivity index (χ2n) is 7.50. The van der Waals surface area contributed by atoms with Crippen molar-refractivity contribution < 1.29 is 13.6 Å². The fraction of sp³-hybridized carbons (Fsp3) is 0.0435. The van der Waals surface area contributed by atoms with Crippen molar-refractivity contribution in [3.05, 3.63) is 104 Å². The lowest BCUT2D eigenvalue weighted by molar-refractivity contribution is 0.162. The fourth-order valence-corrected chi connectivity index (χ4v) is 5.52. The molecule has 0 saturated carbocycles. The van der Waals surface area contributed by atoms with Crippen molar-refractivity contribution in [1.82, 2.24) is 14.3 Å². The zero-order valence-electron chi connectivity index (χ0n) is 16.9. The van der Waals surface area contributed by atoms with Gasteiger partial charge in [-0.15, -0.1) is 0 Å². The van der Waals surface area contributed by atoms with E-state index in [9.17, 15) is 23.2 Å². The maximum atomic E-state index is 13.6. The zero-order valence-corrected chi connectivity index (χ0v) is 18.5. The number of nitrogens with zero attached hydrogens (tertiary/aromatic N) is 2. The number of hydrogen-bond donors (Lipinski definition) is 2. The summed E-state index contributed by atoms with van der Waals surface area (Å²) in [5.74, 6) is 0. The first-order valence-corrected chi connectivity index (χ1v) is 11.7. The molecule has 0 fully saturated rings. The second kappa shape index (κ2) is 7.65. The maximum Gasteiger partial charge on any atom is 0.362 e. The van der Waals surface area contributed by atoms with Crippen molar-refractivity contribution in [3.63, 3.8) is 0 Å². The largest absolute Gasteiger partial charge is 0.421 e. The number of halogens is 1. The van der Waals surface area contributed by atoms with E-state index in [1.807, 2.05) is 47.2 Å². The zero-order chi connectivity index (χ0) is 23.3. The van der Waals surface area contributed by atoms with Crippen molar-refractivity contribution in [2.24, 2.45) is 0 Å². The molecule has 10 heteroatoms. The molecule has 3 aromatic carbocycles. The second-order valence-corrected chi connectivity index (χ2v) is 9.82. The molecular formula is C23H16ClN3O5S. The van der Waals surface area contributed by atoms with Crippen molar-refractivity contribution in [1.29, 1.82) is 0 Å². The molecule has 2 heterocycles. The summed E-state index contributed by atoms with van der Waals surface area (Å²) in [4.78, 5) is 26.3. The summed E-state index contributed by atoms with van der Waals surface area (Å²) in [6.45, 7) is 0.557. The molecule has 0 unspecified atom stereocenters. The van der Waals surface area contributed by atoms with Gasteiger partial charge in [-0.1, -0.05) is 52.7 Å². The van der Waals surface area contributed by atoms with Crippen molar-refractivity contribution >= 4 is 43.2 Å². The minimum absolute atomic E-state index is 0.0133. The Morgan fingerprint density at radius 1 is 0.970 bits per heavy atom. The van der Waals surface area contributed by atoms with Gasteiger partial charge >= 0.3 is 5.69 Å². The van der Waals surface area contributed by atoms with Gasteiger partial charge in [0.05, 0.1) is 25.7 Å². The van der Waals surface area contributed by atoms with E-state index in [0.717, 1.165) is 10.9 Å². The highest BCUT2D eigenvalue weighted by Gasteiger charge is 2.25. The van der Waals surface area contributed by atoms with Gasteiger partial charge in [-0.3, -0.25) is 4.79 Å². The lowest BCUT2D eigenvalue weighted by Gasteiger charge is -2.11. The summed E-state index contributed by atoms with van der Waals surface area (Å²) < 4.78 is 28.9. The smallest absolute Gasteiger partial charge is 0.362 e. The molecule has 0 radical (unpaired) electrons. The Labute approximate surface area is 191 Å². The Morgan fingerprint density at radius 3 is 2.48 bits per heavy atom. The lowest BCUT2D eigenvalue weighted by Crippen LogP contribution is -2.33. The Bertz CT molecular complexity index is 1770. The Balaban J connectivity index is 1.70. The number of hydrogen-bond acceptors (Lipinski definition) is 5. The van der Waals surface area contributed by atoms with Crippen LogP contribution in [0.4, 0.5) is 0 Å². The molecular weight excluding hydrogens is 466 g/mol. The molecule has 166 valence electrons. The number of aromatic amines is 1. The first kappa shape index (κ1) is 21.0. The van der Waals surface area contributed by atoms with Gasteiger partial charge in [-0.25, -0.2) is 13.2 Å². The molecule has 2 aromatic heterocycles. The van der Waals surface area contributed by atoms with E-state index in [1.165, 1.54) is 18.2 Å². The topological polar surface area (TPSA) is 114 Å². The van der Waals surface area contributed by atoms with Crippen molar-refractivity contribution in [2.45, 2.75) is 16.3 Å². The predicted molar refractivity (Wildman–Crippen MR) is 124 cm³/mol. The quantitative estimate of drug-likeness (QED) is 0.382. The van der Waals surface area contributed by atoms with Crippen LogP contribution in [0.5, 0.6) is 0 Å². The molecule has 0 atom stereocenters. The third-order valence-corrected chi connectivity index (χ3v) is 7.60. The van der Waals surface area contributed by atoms with Crippen molar-refractivity contribution in [2.75, 3.05) is 0 Å². The summed E-state index contributed by atoms with van der Waals surface area (Å²) in [6.07, 6.45) is 1.88. The van der Waals surface area contributed by atoms with Crippen LogP contribution < -0.4 is 11.2 Å². The summed E-state index contributed by atoms with van der Waals surface area (Å²) in [6, 6.07) is 18.8. The summed E-state index contributed by atoms with van der Waals surface area (Å²) in [5, 5.41) is 10.1. The van der Waals surface area contributed by atoms with E-state index in [0.29, 0.717) is 12.1 Å². The molecule has 0 amide bonds. The average Bonchev–Trinajstić information content (AvgIpc) is 3.20. The van der Waals surface area contributed by atoms with Crippen LogP contribution in [0.3, 0.4) is 0 Å². The Kier molecular flexibility index (Phi) is 4.88. The number of fused-ring (bicyclic) bond motifs is 2. The molecule has 0 aliphatic carbocycles. The molecule has 0 bridgehead atoms. The summed E-state index contributed by atoms with van der Waals surface area (Å²) in [7, 11) is -4.16. The normalized spacial score (nSPS) is 11.9. The van der Waals surface area contributed by atoms with Crippen LogP contribution in [0.1, 0.15) is 5.56 Å². The van der Waals surface area contributed by atoms with Gasteiger partial charge in [0.15, 0.2) is 0 Å². The number of rotatable bonds is 4. The molecule has 2 N–H and O–H groups in total. The number of aromatic nitrogens is 3. The van der Waals surface area contributed by atoms with Gasteiger partial charge in [-0.05, 0) is 41.3 Å². The average molecular weight is 482 g/mol. The third-order valence-electron chi connectivity index (χ3n) is 5.49. The van der Waals surface area contributed by atoms with Gasteiger partial charge in [-0.2, -0.15) is 0 Å². The van der Waals surface area contributed by atoms with Crippen LogP contribution in [0.15, 0.2) is 92.3 Å². The van der Waals surface area contributed by atoms with Crippen molar-refractivity contribution in [3.8, 4) is 0 Å². The predicted octanol–water partition coefficient (Wildman–Crippen LogP) is 3.42. The summed E-state index contributed by atoms with van der Waals surface area (Å²) >= 11 is 6.07. The number of H-pyrrole nitrogens is 1. The number of sulfone groups is 1. The van der Waals surface area contributed by atoms with E-state index in [-0.39, 0.29) is 30.4 Å². The van der Waals surface area contributed by atoms with E-state index >= 15 is 0 Å². The standard InChI is InChI=1S/C23H16ClN3O5S/c24-17-8-9-19(21-20(17)22(28)27(30)23(29)25-21)33(31,32)16-7-6-15-10-11-26(18(15)12-16)13-14-4-2-1-3-5-14/h1-12,30H,13H2,(H,25,29). The monoisotopic (exact) mass is 481 g/mol. The third kappa shape index (κ3) is 3.42. The molecule has 8 nitrogen and oxygen atoms in total. The van der Waals surface area contributed by atoms with Crippen LogP contribution in [0.2, 0.25) is 5.02 Å². The molecule has 0 aliphatic heterocycles. The van der Waals surface area contributed by atoms with Crippen LogP contribution in [0, 0.1) is 0 Å². The van der Waals surface area contributed by atoms with Gasteiger partial charge in [0.2, 0.25) is 9.84 Å². The Morgan fingerprint density at radius 2 is 1.73 bits per heavy atom. The molecule has 0 spiro atoms. The van der Waals surface area contributed by atoms with Gasteiger partial charge in [0.25, 0.3) is 5.56 Å². The first-order chi connectivity index (χ1) is 15.8. The lowest BCUT2D eigenvalue weighted by atomic mass is 10.2. The van der Waals surface area contributed by atoms with Gasteiger partial charge in [0.1, 0.15) is 0 Å². The SMILES string of the molecule is O=c1[nH]c2c(S(=O)(=O)c3ccc4ccn(Cc5ccccc5)c4c3)ccc(Cl)c2c(=O)n1O. The van der Waals surface area contributed by atoms with E-state index in [1.54, 1.807) is 12.1 Å². The van der Waals surface area contributed by atoms with E-state index < -0.39 is 21.1 Å². The first-order valence-electron chi connectivity index (χ1n) is 9.82. The molecule has 33 heavy (non-hydrogen) atoms. The van der Waals surface area contributed by atoms with E-state index in [2.05, 4.69) is 4.98 Å². The highest BCUT2D eigenvalue weighted by atomic mass is 35.5. The van der Waals surface area contributed by atoms with Gasteiger partial charge in [0, 0.05) is 18.3 Å². The number of nitrogens with one attached hydrogen (secondary N) is 1. The maximum absolute atomic E-state index is 13.6. The van der Waals surface area contributed by atoms with Crippen LogP contribution in [0.25, 0.3) is 21.8 Å².